The van der Waals surface area contributed by atoms with Crippen LogP contribution in [0.3, 0.4) is 0 Å². The molecule has 240 valence electrons. The lowest BCUT2D eigenvalue weighted by Crippen LogP contribution is -2.51. The lowest BCUT2D eigenvalue weighted by atomic mass is 9.97. The van der Waals surface area contributed by atoms with Crippen molar-refractivity contribution in [2.24, 2.45) is 0 Å². The minimum Gasteiger partial charge on any atom is -0.465 e. The van der Waals surface area contributed by atoms with Crippen LogP contribution in [0.4, 0.5) is 18.0 Å². The summed E-state index contributed by atoms with van der Waals surface area (Å²) in [5.74, 6) is -0.00420. The maximum absolute atomic E-state index is 14.0. The molecule has 12 heteroatoms. The van der Waals surface area contributed by atoms with Crippen LogP contribution < -0.4 is 4.74 Å². The van der Waals surface area contributed by atoms with Crippen LogP contribution in [-0.2, 0) is 29.0 Å². The Labute approximate surface area is 259 Å². The summed E-state index contributed by atoms with van der Waals surface area (Å²) in [5.41, 5.74) is 3.54. The summed E-state index contributed by atoms with van der Waals surface area (Å²) in [5, 5.41) is 4.16. The van der Waals surface area contributed by atoms with Gasteiger partial charge in [-0.25, -0.2) is 9.59 Å². The van der Waals surface area contributed by atoms with E-state index in [4.69, 9.17) is 14.0 Å². The first-order chi connectivity index (χ1) is 21.7. The van der Waals surface area contributed by atoms with Crippen molar-refractivity contribution in [3.05, 3.63) is 70.5 Å². The van der Waals surface area contributed by atoms with Gasteiger partial charge in [-0.15, -0.1) is 13.2 Å². The van der Waals surface area contributed by atoms with E-state index < -0.39 is 12.3 Å². The van der Waals surface area contributed by atoms with Crippen LogP contribution in [-0.4, -0.2) is 65.7 Å². The molecule has 2 aromatic carbocycles. The summed E-state index contributed by atoms with van der Waals surface area (Å²) in [4.78, 5) is 29.8. The molecule has 0 N–H and O–H groups in total. The molecule has 0 bridgehead atoms. The topological polar surface area (TPSA) is 94.3 Å². The van der Waals surface area contributed by atoms with Crippen LogP contribution in [0.25, 0.3) is 11.3 Å². The van der Waals surface area contributed by atoms with E-state index in [1.807, 2.05) is 15.9 Å². The Morgan fingerprint density at radius 2 is 1.82 bits per heavy atom. The van der Waals surface area contributed by atoms with Gasteiger partial charge >= 0.3 is 18.4 Å². The average Bonchev–Trinajstić information content (AvgIpc) is 3.66. The molecule has 2 unspecified atom stereocenters. The highest BCUT2D eigenvalue weighted by Gasteiger charge is 2.40. The van der Waals surface area contributed by atoms with Gasteiger partial charge < -0.3 is 28.5 Å². The highest BCUT2D eigenvalue weighted by atomic mass is 19.4. The second kappa shape index (κ2) is 12.7. The predicted octanol–water partition coefficient (Wildman–Crippen LogP) is 6.84. The van der Waals surface area contributed by atoms with Gasteiger partial charge in [0.25, 0.3) is 0 Å². The number of carbonyl (C=O) groups is 2. The lowest BCUT2D eigenvalue weighted by molar-refractivity contribution is -0.274. The highest BCUT2D eigenvalue weighted by molar-refractivity contribution is 5.89. The second-order valence-electron chi connectivity index (χ2n) is 11.8. The highest BCUT2D eigenvalue weighted by Crippen LogP contribution is 2.45. The standard InChI is InChI=1S/C33H36F3N3O6/c1-3-24-12-13-25(39(24)32(41)38-15-14-20-8-11-22(31(40)42-2)16-23(20)17-38)18-43-19-27-29(37-45-30(27)21-9-10-21)26-6-4-5-7-28(26)44-33(34,35)36/h4-8,11,16,21,24-25H,3,9-10,12-15,17-19H2,1-2H3. The number of alkyl halides is 3. The molecule has 1 aromatic heterocycles. The zero-order chi connectivity index (χ0) is 31.7. The number of benzene rings is 2. The maximum atomic E-state index is 14.0. The maximum Gasteiger partial charge on any atom is 0.573 e. The number of likely N-dealkylation sites (tertiary alicyclic amines) is 1. The van der Waals surface area contributed by atoms with Crippen molar-refractivity contribution >= 4 is 12.0 Å². The Morgan fingerprint density at radius 1 is 1.04 bits per heavy atom. The Kier molecular flexibility index (Phi) is 8.76. The van der Waals surface area contributed by atoms with E-state index in [1.165, 1.54) is 25.3 Å². The Balaban J connectivity index is 1.17. The van der Waals surface area contributed by atoms with Crippen molar-refractivity contribution in [1.82, 2.24) is 15.0 Å². The smallest absolute Gasteiger partial charge is 0.465 e. The molecule has 45 heavy (non-hydrogen) atoms. The van der Waals surface area contributed by atoms with Crippen molar-refractivity contribution in [3.63, 3.8) is 0 Å². The zero-order valence-electron chi connectivity index (χ0n) is 25.3. The first kappa shape index (κ1) is 30.9. The number of ether oxygens (including phenoxy) is 3. The minimum atomic E-state index is -4.86. The summed E-state index contributed by atoms with van der Waals surface area (Å²) >= 11 is 0. The Hall–Kier alpha value is -4.06. The average molecular weight is 628 g/mol. The summed E-state index contributed by atoms with van der Waals surface area (Å²) in [6.45, 7) is 3.36. The molecule has 2 amide bonds. The number of esters is 1. The number of rotatable bonds is 9. The number of nitrogens with zero attached hydrogens (tertiary/aromatic N) is 3. The van der Waals surface area contributed by atoms with E-state index >= 15 is 0 Å². The fourth-order valence-electron chi connectivity index (χ4n) is 6.48. The number of hydrogen-bond acceptors (Lipinski definition) is 7. The van der Waals surface area contributed by atoms with Gasteiger partial charge in [0.1, 0.15) is 17.2 Å². The number of hydrogen-bond donors (Lipinski definition) is 0. The summed E-state index contributed by atoms with van der Waals surface area (Å²) in [6, 6.07) is 11.2. The van der Waals surface area contributed by atoms with Crippen molar-refractivity contribution < 1.29 is 41.5 Å². The molecule has 9 nitrogen and oxygen atoms in total. The number of aromatic nitrogens is 1. The summed E-state index contributed by atoms with van der Waals surface area (Å²) in [6.07, 6.45) is 0.0720. The first-order valence-electron chi connectivity index (χ1n) is 15.4. The van der Waals surface area contributed by atoms with Gasteiger partial charge in [0.15, 0.2) is 0 Å². The van der Waals surface area contributed by atoms with E-state index in [1.54, 1.807) is 18.2 Å². The van der Waals surface area contributed by atoms with Crippen LogP contribution in [0.5, 0.6) is 5.75 Å². The van der Waals surface area contributed by atoms with Crippen LogP contribution in [0.2, 0.25) is 0 Å². The third kappa shape index (κ3) is 6.66. The predicted molar refractivity (Wildman–Crippen MR) is 156 cm³/mol. The molecule has 3 aliphatic rings. The molecule has 2 fully saturated rings. The summed E-state index contributed by atoms with van der Waals surface area (Å²) < 4.78 is 60.5. The molecule has 2 atom stereocenters. The minimum absolute atomic E-state index is 0.0634. The molecule has 1 aliphatic carbocycles. The lowest BCUT2D eigenvalue weighted by Gasteiger charge is -2.37. The molecular weight excluding hydrogens is 591 g/mol. The molecule has 6 rings (SSSR count). The van der Waals surface area contributed by atoms with Gasteiger partial charge in [0.05, 0.1) is 31.9 Å². The molecular formula is C33H36F3N3O6. The number of urea groups is 1. The fourth-order valence-corrected chi connectivity index (χ4v) is 6.48. The third-order valence-electron chi connectivity index (χ3n) is 8.91. The van der Waals surface area contributed by atoms with Crippen molar-refractivity contribution in [2.45, 2.75) is 83.0 Å². The second-order valence-corrected chi connectivity index (χ2v) is 11.8. The van der Waals surface area contributed by atoms with E-state index in [0.717, 1.165) is 43.2 Å². The zero-order valence-corrected chi connectivity index (χ0v) is 25.3. The van der Waals surface area contributed by atoms with Crippen LogP contribution in [0, 0.1) is 0 Å². The Bertz CT molecular complexity index is 1550. The molecule has 0 spiro atoms. The molecule has 3 aromatic rings. The van der Waals surface area contributed by atoms with Crippen molar-refractivity contribution in [3.8, 4) is 17.0 Å². The summed E-state index contributed by atoms with van der Waals surface area (Å²) in [7, 11) is 1.34. The number of amides is 2. The van der Waals surface area contributed by atoms with E-state index in [-0.39, 0.29) is 54.3 Å². The van der Waals surface area contributed by atoms with Crippen molar-refractivity contribution in [1.29, 1.82) is 0 Å². The first-order valence-corrected chi connectivity index (χ1v) is 15.4. The molecule has 3 heterocycles. The number of methoxy groups -OCH3 is 1. The van der Waals surface area contributed by atoms with Gasteiger partial charge in [-0.3, -0.25) is 0 Å². The van der Waals surface area contributed by atoms with E-state index in [0.29, 0.717) is 36.4 Å². The molecule has 2 aliphatic heterocycles. The van der Waals surface area contributed by atoms with Gasteiger partial charge in [0.2, 0.25) is 0 Å². The number of fused-ring (bicyclic) bond motifs is 1. The fraction of sp³-hybridized carbons (Fsp3) is 0.485. The van der Waals surface area contributed by atoms with Crippen LogP contribution in [0.15, 0.2) is 47.0 Å². The van der Waals surface area contributed by atoms with Crippen molar-refractivity contribution in [2.75, 3.05) is 20.3 Å². The molecule has 1 saturated carbocycles. The monoisotopic (exact) mass is 627 g/mol. The molecule has 1 saturated heterocycles. The normalized spacial score (nSPS) is 19.8. The van der Waals surface area contributed by atoms with Gasteiger partial charge in [-0.1, -0.05) is 30.3 Å². The Morgan fingerprint density at radius 3 is 2.56 bits per heavy atom. The number of carbonyl (C=O) groups excluding carboxylic acids is 2. The third-order valence-corrected chi connectivity index (χ3v) is 8.91. The van der Waals surface area contributed by atoms with Crippen LogP contribution >= 0.6 is 0 Å². The quantitative estimate of drug-likeness (QED) is 0.240. The van der Waals surface area contributed by atoms with Gasteiger partial charge in [-0.2, -0.15) is 0 Å². The largest absolute Gasteiger partial charge is 0.573 e. The van der Waals surface area contributed by atoms with E-state index in [2.05, 4.69) is 16.8 Å². The van der Waals surface area contributed by atoms with Gasteiger partial charge in [0, 0.05) is 36.2 Å². The molecule has 0 radical (unpaired) electrons. The van der Waals surface area contributed by atoms with Crippen LogP contribution in [0.1, 0.15) is 77.8 Å². The number of para-hydroxylation sites is 1. The van der Waals surface area contributed by atoms with E-state index in [9.17, 15) is 22.8 Å². The number of halogens is 3. The van der Waals surface area contributed by atoms with Gasteiger partial charge in [-0.05, 0) is 73.9 Å². The SMILES string of the molecule is CCC1CCC(COCc2c(-c3ccccc3OC(F)(F)F)noc2C2CC2)N1C(=O)N1CCc2ccc(C(=O)OC)cc2C1.